The van der Waals surface area contributed by atoms with Gasteiger partial charge in [-0.3, -0.25) is 4.68 Å². The first kappa shape index (κ1) is 11.9. The van der Waals surface area contributed by atoms with E-state index in [1.54, 1.807) is 11.0 Å². The third kappa shape index (κ3) is 2.55. The van der Waals surface area contributed by atoms with Crippen molar-refractivity contribution in [3.63, 3.8) is 0 Å². The van der Waals surface area contributed by atoms with Crippen molar-refractivity contribution in [1.29, 1.82) is 0 Å². The molecule has 2 heterocycles. The third-order valence-corrected chi connectivity index (χ3v) is 3.06. The zero-order valence-corrected chi connectivity index (χ0v) is 10.6. The molecule has 0 fully saturated rings. The molecule has 0 saturated heterocycles. The van der Waals surface area contributed by atoms with Crippen molar-refractivity contribution in [2.75, 3.05) is 7.05 Å². The summed E-state index contributed by atoms with van der Waals surface area (Å²) in [6, 6.07) is 2.58. The Balaban J connectivity index is 2.11. The topological polar surface area (TPSA) is 47.7 Å². The number of aryl methyl sites for hydroxylation is 1. The van der Waals surface area contributed by atoms with Crippen molar-refractivity contribution < 1.29 is 0 Å². The van der Waals surface area contributed by atoms with Crippen LogP contribution in [0.4, 0.5) is 0 Å². The molecule has 0 bridgehead atoms. The zero-order chi connectivity index (χ0) is 12.3. The van der Waals surface area contributed by atoms with Crippen LogP contribution in [0.2, 0.25) is 0 Å². The maximum Gasteiger partial charge on any atom is 0.146 e. The van der Waals surface area contributed by atoms with Crippen LogP contribution in [0.1, 0.15) is 30.8 Å². The maximum absolute atomic E-state index is 4.22. The van der Waals surface area contributed by atoms with Crippen LogP contribution < -0.4 is 5.32 Å². The number of rotatable bonds is 5. The SMILES string of the molecule is CCC(NC)c1ccn(Cc2ncnn2C)c1. The highest BCUT2D eigenvalue weighted by Gasteiger charge is 2.08. The van der Waals surface area contributed by atoms with Gasteiger partial charge in [0.05, 0.1) is 6.54 Å². The van der Waals surface area contributed by atoms with E-state index in [1.807, 2.05) is 14.1 Å². The molecule has 0 radical (unpaired) electrons. The van der Waals surface area contributed by atoms with Gasteiger partial charge in [0, 0.05) is 25.5 Å². The van der Waals surface area contributed by atoms with Crippen LogP contribution in [0, 0.1) is 0 Å². The molecule has 92 valence electrons. The summed E-state index contributed by atoms with van der Waals surface area (Å²) in [5, 5.41) is 7.37. The van der Waals surface area contributed by atoms with Gasteiger partial charge in [0.2, 0.25) is 0 Å². The molecule has 2 aromatic heterocycles. The van der Waals surface area contributed by atoms with E-state index in [4.69, 9.17) is 0 Å². The average molecular weight is 233 g/mol. The monoisotopic (exact) mass is 233 g/mol. The summed E-state index contributed by atoms with van der Waals surface area (Å²) >= 11 is 0. The second kappa shape index (κ2) is 5.14. The molecule has 1 N–H and O–H groups in total. The lowest BCUT2D eigenvalue weighted by Crippen LogP contribution is -2.14. The van der Waals surface area contributed by atoms with Crippen LogP contribution in [-0.2, 0) is 13.6 Å². The minimum Gasteiger partial charge on any atom is -0.346 e. The lowest BCUT2D eigenvalue weighted by atomic mass is 10.1. The molecule has 0 aliphatic carbocycles. The van der Waals surface area contributed by atoms with Gasteiger partial charge < -0.3 is 9.88 Å². The number of nitrogens with zero attached hydrogens (tertiary/aromatic N) is 4. The van der Waals surface area contributed by atoms with E-state index >= 15 is 0 Å². The van der Waals surface area contributed by atoms with Crippen LogP contribution in [0.3, 0.4) is 0 Å². The van der Waals surface area contributed by atoms with Gasteiger partial charge in [0.25, 0.3) is 0 Å². The summed E-state index contributed by atoms with van der Waals surface area (Å²) in [5.74, 6) is 0.963. The summed E-state index contributed by atoms with van der Waals surface area (Å²) in [7, 11) is 3.91. The minimum atomic E-state index is 0.427. The molecule has 1 atom stereocenters. The second-order valence-corrected chi connectivity index (χ2v) is 4.17. The molecule has 0 aliphatic heterocycles. The molecular weight excluding hydrogens is 214 g/mol. The van der Waals surface area contributed by atoms with Crippen LogP contribution in [-0.4, -0.2) is 26.4 Å². The number of nitrogens with one attached hydrogen (secondary N) is 1. The summed E-state index contributed by atoms with van der Waals surface area (Å²) in [5.41, 5.74) is 1.32. The Kier molecular flexibility index (Phi) is 3.58. The third-order valence-electron chi connectivity index (χ3n) is 3.06. The molecule has 0 amide bonds. The molecule has 2 rings (SSSR count). The molecule has 1 unspecified atom stereocenters. The highest BCUT2D eigenvalue weighted by Crippen LogP contribution is 2.16. The number of hydrogen-bond donors (Lipinski definition) is 1. The quantitative estimate of drug-likeness (QED) is 0.847. The molecule has 0 saturated carbocycles. The van der Waals surface area contributed by atoms with E-state index in [1.165, 1.54) is 5.56 Å². The fourth-order valence-corrected chi connectivity index (χ4v) is 2.00. The highest BCUT2D eigenvalue weighted by atomic mass is 15.3. The van der Waals surface area contributed by atoms with Gasteiger partial charge in [0.1, 0.15) is 12.2 Å². The summed E-state index contributed by atoms with van der Waals surface area (Å²) < 4.78 is 3.94. The first-order valence-electron chi connectivity index (χ1n) is 5.90. The lowest BCUT2D eigenvalue weighted by molar-refractivity contribution is 0.574. The molecule has 5 nitrogen and oxygen atoms in total. The van der Waals surface area contributed by atoms with Gasteiger partial charge in [0.15, 0.2) is 0 Å². The molecule has 0 spiro atoms. The Morgan fingerprint density at radius 3 is 2.88 bits per heavy atom. The van der Waals surface area contributed by atoms with E-state index in [-0.39, 0.29) is 0 Å². The highest BCUT2D eigenvalue weighted by molar-refractivity contribution is 5.15. The van der Waals surface area contributed by atoms with Crippen molar-refractivity contribution in [1.82, 2.24) is 24.6 Å². The predicted molar refractivity (Wildman–Crippen MR) is 66.6 cm³/mol. The van der Waals surface area contributed by atoms with E-state index < -0.39 is 0 Å². The average Bonchev–Trinajstić information content (AvgIpc) is 2.92. The van der Waals surface area contributed by atoms with Crippen LogP contribution >= 0.6 is 0 Å². The van der Waals surface area contributed by atoms with Crippen molar-refractivity contribution in [2.24, 2.45) is 7.05 Å². The van der Waals surface area contributed by atoms with E-state index in [0.29, 0.717) is 6.04 Å². The fourth-order valence-electron chi connectivity index (χ4n) is 2.00. The summed E-state index contributed by atoms with van der Waals surface area (Å²) in [4.78, 5) is 4.22. The first-order chi connectivity index (χ1) is 8.24. The lowest BCUT2D eigenvalue weighted by Gasteiger charge is -2.11. The van der Waals surface area contributed by atoms with E-state index in [9.17, 15) is 0 Å². The smallest absolute Gasteiger partial charge is 0.146 e. The minimum absolute atomic E-state index is 0.427. The number of hydrogen-bond acceptors (Lipinski definition) is 3. The van der Waals surface area contributed by atoms with Crippen molar-refractivity contribution in [2.45, 2.75) is 25.9 Å². The van der Waals surface area contributed by atoms with Crippen LogP contribution in [0.5, 0.6) is 0 Å². The predicted octanol–water partition coefficient (Wildman–Crippen LogP) is 1.34. The van der Waals surface area contributed by atoms with Gasteiger partial charge in [-0.2, -0.15) is 5.10 Å². The zero-order valence-electron chi connectivity index (χ0n) is 10.6. The summed E-state index contributed by atoms with van der Waals surface area (Å²) in [6.07, 6.45) is 6.93. The fraction of sp³-hybridized carbons (Fsp3) is 0.500. The van der Waals surface area contributed by atoms with Crippen LogP contribution in [0.25, 0.3) is 0 Å². The van der Waals surface area contributed by atoms with Crippen molar-refractivity contribution in [3.05, 3.63) is 36.2 Å². The Bertz CT molecular complexity index is 467. The van der Waals surface area contributed by atoms with Gasteiger partial charge in [-0.1, -0.05) is 6.92 Å². The van der Waals surface area contributed by atoms with Gasteiger partial charge in [-0.25, -0.2) is 4.98 Å². The van der Waals surface area contributed by atoms with Gasteiger partial charge in [-0.05, 0) is 25.1 Å². The normalized spacial score (nSPS) is 12.9. The van der Waals surface area contributed by atoms with Gasteiger partial charge in [-0.15, -0.1) is 0 Å². The van der Waals surface area contributed by atoms with E-state index in [2.05, 4.69) is 45.4 Å². The van der Waals surface area contributed by atoms with Gasteiger partial charge >= 0.3 is 0 Å². The maximum atomic E-state index is 4.22. The molecule has 17 heavy (non-hydrogen) atoms. The number of aromatic nitrogens is 4. The second-order valence-electron chi connectivity index (χ2n) is 4.17. The van der Waals surface area contributed by atoms with E-state index in [0.717, 1.165) is 18.8 Å². The molecule has 5 heteroatoms. The van der Waals surface area contributed by atoms with Crippen molar-refractivity contribution >= 4 is 0 Å². The van der Waals surface area contributed by atoms with Crippen LogP contribution in [0.15, 0.2) is 24.8 Å². The van der Waals surface area contributed by atoms with Crippen molar-refractivity contribution in [3.8, 4) is 0 Å². The Labute approximate surface area is 101 Å². The molecule has 0 aromatic carbocycles. The molecular formula is C12H19N5. The largest absolute Gasteiger partial charge is 0.346 e. The molecule has 0 aliphatic rings. The Hall–Kier alpha value is -1.62. The standard InChI is InChI=1S/C12H19N5/c1-4-11(13-2)10-5-6-17(7-10)8-12-14-9-15-16(12)3/h5-7,9,11,13H,4,8H2,1-3H3. The Morgan fingerprint density at radius 1 is 1.47 bits per heavy atom. The first-order valence-corrected chi connectivity index (χ1v) is 5.90. The Morgan fingerprint density at radius 2 is 2.29 bits per heavy atom. The molecule has 2 aromatic rings. The summed E-state index contributed by atoms with van der Waals surface area (Å²) in [6.45, 7) is 2.94.